The zero-order chi connectivity index (χ0) is 13.4. The van der Waals surface area contributed by atoms with Crippen molar-refractivity contribution in [3.05, 3.63) is 63.6 Å². The Morgan fingerprint density at radius 2 is 1.68 bits per heavy atom. The van der Waals surface area contributed by atoms with Gasteiger partial charge in [0.15, 0.2) is 0 Å². The predicted molar refractivity (Wildman–Crippen MR) is 75.8 cm³/mol. The van der Waals surface area contributed by atoms with E-state index in [1.807, 2.05) is 24.3 Å². The van der Waals surface area contributed by atoms with E-state index in [1.165, 1.54) is 0 Å². The number of hydrogen-bond donors (Lipinski definition) is 1. The van der Waals surface area contributed by atoms with Gasteiger partial charge < -0.3 is 9.84 Å². The Morgan fingerprint density at radius 1 is 1.00 bits per heavy atom. The molecule has 2 nitrogen and oxygen atoms in total. The second-order valence-corrected chi connectivity index (χ2v) is 5.46. The predicted octanol–water partition coefficient (Wildman–Crippen LogP) is 4.55. The molecular formula is C15H12Cl2O2. The van der Waals surface area contributed by atoms with Crippen molar-refractivity contribution in [2.75, 3.05) is 0 Å². The third kappa shape index (κ3) is 2.57. The highest BCUT2D eigenvalue weighted by atomic mass is 35.5. The van der Waals surface area contributed by atoms with Crippen molar-refractivity contribution >= 4 is 23.2 Å². The second-order valence-electron chi connectivity index (χ2n) is 4.59. The largest absolute Gasteiger partial charge is 0.485 e. The van der Waals surface area contributed by atoms with Crippen LogP contribution in [0.15, 0.2) is 42.5 Å². The fourth-order valence-corrected chi connectivity index (χ4v) is 2.61. The third-order valence-electron chi connectivity index (χ3n) is 3.28. The van der Waals surface area contributed by atoms with E-state index in [1.54, 1.807) is 18.2 Å². The number of fused-ring (bicyclic) bond motifs is 1. The maximum absolute atomic E-state index is 10.2. The molecule has 3 rings (SSSR count). The summed E-state index contributed by atoms with van der Waals surface area (Å²) in [5.41, 5.74) is 1.75. The molecule has 0 spiro atoms. The molecule has 2 aromatic rings. The monoisotopic (exact) mass is 294 g/mol. The Hall–Kier alpha value is -1.22. The van der Waals surface area contributed by atoms with E-state index in [-0.39, 0.29) is 6.10 Å². The number of ether oxygens (including phenoxy) is 1. The molecule has 19 heavy (non-hydrogen) atoms. The fraction of sp³-hybridized carbons (Fsp3) is 0.200. The Balaban J connectivity index is 1.92. The van der Waals surface area contributed by atoms with Crippen molar-refractivity contribution in [2.45, 2.75) is 18.6 Å². The lowest BCUT2D eigenvalue weighted by Crippen LogP contribution is -2.18. The molecule has 1 N–H and O–H groups in total. The average Bonchev–Trinajstić information content (AvgIpc) is 2.40. The van der Waals surface area contributed by atoms with E-state index >= 15 is 0 Å². The van der Waals surface area contributed by atoms with Crippen LogP contribution < -0.4 is 4.74 Å². The summed E-state index contributed by atoms with van der Waals surface area (Å²) in [7, 11) is 0. The third-order valence-corrected chi connectivity index (χ3v) is 3.77. The average molecular weight is 295 g/mol. The molecule has 1 aliphatic rings. The van der Waals surface area contributed by atoms with E-state index in [0.717, 1.165) is 11.1 Å². The van der Waals surface area contributed by atoms with Crippen LogP contribution in [-0.2, 0) is 0 Å². The van der Waals surface area contributed by atoms with Crippen LogP contribution in [0.3, 0.4) is 0 Å². The summed E-state index contributed by atoms with van der Waals surface area (Å²) in [6, 6.07) is 12.8. The fourth-order valence-electron chi connectivity index (χ4n) is 2.30. The number of halogens is 2. The summed E-state index contributed by atoms with van der Waals surface area (Å²) >= 11 is 11.8. The van der Waals surface area contributed by atoms with Gasteiger partial charge in [-0.05, 0) is 35.9 Å². The van der Waals surface area contributed by atoms with Gasteiger partial charge in [-0.15, -0.1) is 0 Å². The van der Waals surface area contributed by atoms with Crippen molar-refractivity contribution in [2.24, 2.45) is 0 Å². The summed E-state index contributed by atoms with van der Waals surface area (Å²) in [6.07, 6.45) is -0.223. The van der Waals surface area contributed by atoms with Crippen molar-refractivity contribution in [1.82, 2.24) is 0 Å². The molecule has 0 amide bonds. The van der Waals surface area contributed by atoms with E-state index in [4.69, 9.17) is 27.9 Å². The van der Waals surface area contributed by atoms with Crippen LogP contribution in [0.1, 0.15) is 29.8 Å². The molecule has 98 valence electrons. The number of benzene rings is 2. The Bertz CT molecular complexity index is 596. The van der Waals surface area contributed by atoms with Gasteiger partial charge in [0.2, 0.25) is 0 Å². The van der Waals surface area contributed by atoms with Gasteiger partial charge in [-0.3, -0.25) is 0 Å². The first kappa shape index (κ1) is 12.8. The summed E-state index contributed by atoms with van der Waals surface area (Å²) in [6.45, 7) is 0. The first-order chi connectivity index (χ1) is 9.13. The molecule has 0 saturated heterocycles. The maximum Gasteiger partial charge on any atom is 0.127 e. The van der Waals surface area contributed by atoms with E-state index in [0.29, 0.717) is 22.2 Å². The zero-order valence-corrected chi connectivity index (χ0v) is 11.5. The molecule has 0 aliphatic carbocycles. The maximum atomic E-state index is 10.2. The van der Waals surface area contributed by atoms with Crippen molar-refractivity contribution in [3.63, 3.8) is 0 Å². The molecule has 0 saturated carbocycles. The van der Waals surface area contributed by atoms with Gasteiger partial charge in [0, 0.05) is 22.0 Å². The lowest BCUT2D eigenvalue weighted by molar-refractivity contribution is 0.0657. The van der Waals surface area contributed by atoms with Crippen LogP contribution in [0, 0.1) is 0 Å². The lowest BCUT2D eigenvalue weighted by Gasteiger charge is -2.30. The summed E-state index contributed by atoms with van der Waals surface area (Å²) in [4.78, 5) is 0. The van der Waals surface area contributed by atoms with E-state index in [9.17, 15) is 5.11 Å². The van der Waals surface area contributed by atoms with Crippen molar-refractivity contribution in [1.29, 1.82) is 0 Å². The quantitative estimate of drug-likeness (QED) is 0.836. The normalized spacial score (nSPS) is 21.6. The van der Waals surface area contributed by atoms with Gasteiger partial charge in [0.05, 0.1) is 6.10 Å². The van der Waals surface area contributed by atoms with E-state index < -0.39 is 6.10 Å². The lowest BCUT2D eigenvalue weighted by atomic mass is 9.95. The van der Waals surface area contributed by atoms with Crippen LogP contribution in [0.5, 0.6) is 5.75 Å². The summed E-state index contributed by atoms with van der Waals surface area (Å²) in [5, 5.41) is 11.5. The highest BCUT2D eigenvalue weighted by Crippen LogP contribution is 2.41. The molecule has 0 unspecified atom stereocenters. The molecule has 1 aliphatic heterocycles. The Morgan fingerprint density at radius 3 is 2.42 bits per heavy atom. The first-order valence-electron chi connectivity index (χ1n) is 6.03. The van der Waals surface area contributed by atoms with Crippen LogP contribution in [0.2, 0.25) is 10.0 Å². The topological polar surface area (TPSA) is 29.5 Å². The molecule has 0 bridgehead atoms. The smallest absolute Gasteiger partial charge is 0.127 e. The van der Waals surface area contributed by atoms with Crippen LogP contribution in [0.25, 0.3) is 0 Å². The first-order valence-corrected chi connectivity index (χ1v) is 6.79. The minimum absolute atomic E-state index is 0.166. The Kier molecular flexibility index (Phi) is 3.40. The van der Waals surface area contributed by atoms with Gasteiger partial charge in [0.25, 0.3) is 0 Å². The highest BCUT2D eigenvalue weighted by molar-refractivity contribution is 6.30. The Labute approximate surface area is 121 Å². The molecule has 4 heteroatoms. The van der Waals surface area contributed by atoms with Crippen LogP contribution >= 0.6 is 23.2 Å². The van der Waals surface area contributed by atoms with Crippen molar-refractivity contribution in [3.8, 4) is 5.75 Å². The molecule has 0 aromatic heterocycles. The summed E-state index contributed by atoms with van der Waals surface area (Å²) in [5.74, 6) is 0.683. The van der Waals surface area contributed by atoms with Gasteiger partial charge in [-0.2, -0.15) is 0 Å². The van der Waals surface area contributed by atoms with Gasteiger partial charge in [0.1, 0.15) is 11.9 Å². The molecule has 1 heterocycles. The van der Waals surface area contributed by atoms with Gasteiger partial charge in [-0.25, -0.2) is 0 Å². The number of hydrogen-bond acceptors (Lipinski definition) is 2. The van der Waals surface area contributed by atoms with Crippen LogP contribution in [0.4, 0.5) is 0 Å². The summed E-state index contributed by atoms with van der Waals surface area (Å²) < 4.78 is 5.92. The van der Waals surface area contributed by atoms with Crippen molar-refractivity contribution < 1.29 is 9.84 Å². The number of rotatable bonds is 1. The van der Waals surface area contributed by atoms with Crippen LogP contribution in [-0.4, -0.2) is 5.11 Å². The van der Waals surface area contributed by atoms with Gasteiger partial charge >= 0.3 is 0 Å². The standard InChI is InChI=1S/C15H12Cl2O2/c16-10-3-1-9(2-4-10)15-8-13(18)12-7-11(17)5-6-14(12)19-15/h1-7,13,15,18H,8H2/t13-,15-/m0/s1. The van der Waals surface area contributed by atoms with E-state index in [2.05, 4.69) is 0 Å². The molecular weight excluding hydrogens is 283 g/mol. The molecule has 0 radical (unpaired) electrons. The molecule has 2 aromatic carbocycles. The minimum Gasteiger partial charge on any atom is -0.485 e. The highest BCUT2D eigenvalue weighted by Gasteiger charge is 2.28. The molecule has 0 fully saturated rings. The van der Waals surface area contributed by atoms with Gasteiger partial charge in [-0.1, -0.05) is 35.3 Å². The SMILES string of the molecule is O[C@H]1C[C@@H](c2ccc(Cl)cc2)Oc2ccc(Cl)cc21. The second kappa shape index (κ2) is 5.04. The minimum atomic E-state index is -0.567. The molecule has 2 atom stereocenters. The number of aliphatic hydroxyl groups excluding tert-OH is 1. The number of aliphatic hydroxyl groups is 1. The zero-order valence-electron chi connectivity index (χ0n) is 10.0.